The number of hydrogen-bond acceptors (Lipinski definition) is 4. The summed E-state index contributed by atoms with van der Waals surface area (Å²) in [7, 11) is 0. The molecular weight excluding hydrogens is 302 g/mol. The van der Waals surface area contributed by atoms with E-state index in [1.54, 1.807) is 17.9 Å². The number of alkyl halides is 2. The molecule has 2 rings (SSSR count). The molecule has 1 aromatic rings. The monoisotopic (exact) mass is 322 g/mol. The first kappa shape index (κ1) is 18.1. The van der Waals surface area contributed by atoms with E-state index in [1.165, 1.54) is 12.1 Å². The minimum absolute atomic E-state index is 0. The van der Waals surface area contributed by atoms with Crippen LogP contribution in [0.2, 0.25) is 0 Å². The summed E-state index contributed by atoms with van der Waals surface area (Å²) in [6, 6.07) is 3.31. The van der Waals surface area contributed by atoms with Crippen molar-refractivity contribution in [1.82, 2.24) is 10.2 Å². The van der Waals surface area contributed by atoms with Crippen molar-refractivity contribution in [3.8, 4) is 5.75 Å². The highest BCUT2D eigenvalue weighted by Gasteiger charge is 2.44. The Balaban J connectivity index is 0.00000220. The molecular formula is C14H21ClF2N2O2. The molecule has 7 heteroatoms. The van der Waals surface area contributed by atoms with Crippen molar-refractivity contribution < 1.29 is 19.0 Å². The van der Waals surface area contributed by atoms with Gasteiger partial charge in [0, 0.05) is 26.2 Å². The van der Waals surface area contributed by atoms with Crippen molar-refractivity contribution in [2.24, 2.45) is 0 Å². The zero-order valence-corrected chi connectivity index (χ0v) is 12.7. The van der Waals surface area contributed by atoms with E-state index in [-0.39, 0.29) is 18.2 Å². The molecule has 0 radical (unpaired) electrons. The molecule has 3 N–H and O–H groups in total. The van der Waals surface area contributed by atoms with Crippen molar-refractivity contribution >= 4 is 12.4 Å². The topological polar surface area (TPSA) is 55.7 Å². The fourth-order valence-corrected chi connectivity index (χ4v) is 2.60. The highest BCUT2D eigenvalue weighted by atomic mass is 35.5. The molecule has 0 aliphatic carbocycles. The van der Waals surface area contributed by atoms with Crippen LogP contribution < -0.4 is 5.32 Å². The number of aromatic hydroxyl groups is 1. The van der Waals surface area contributed by atoms with Gasteiger partial charge < -0.3 is 15.5 Å². The third-order valence-corrected chi connectivity index (χ3v) is 3.66. The van der Waals surface area contributed by atoms with E-state index in [2.05, 4.69) is 5.32 Å². The van der Waals surface area contributed by atoms with Crippen molar-refractivity contribution in [3.63, 3.8) is 0 Å². The highest BCUT2D eigenvalue weighted by molar-refractivity contribution is 5.85. The number of phenols is 1. The average molecular weight is 323 g/mol. The second-order valence-corrected chi connectivity index (χ2v) is 5.15. The maximum absolute atomic E-state index is 14.1. The lowest BCUT2D eigenvalue weighted by Crippen LogP contribution is -2.51. The fraction of sp³-hybridized carbons (Fsp3) is 0.571. The molecule has 1 aromatic carbocycles. The molecule has 1 fully saturated rings. The summed E-state index contributed by atoms with van der Waals surface area (Å²) in [6.07, 6.45) is 0. The molecule has 0 saturated carbocycles. The number of phenolic OH excluding ortho intramolecular Hbond substituents is 1. The largest absolute Gasteiger partial charge is 0.508 e. The van der Waals surface area contributed by atoms with E-state index in [9.17, 15) is 13.9 Å². The minimum atomic E-state index is -3.22. The molecule has 0 spiro atoms. The number of halogens is 3. The summed E-state index contributed by atoms with van der Waals surface area (Å²) in [5, 5.41) is 21.7. The molecule has 1 atom stereocenters. The van der Waals surface area contributed by atoms with Crippen molar-refractivity contribution in [2.75, 3.05) is 32.8 Å². The first-order valence-electron chi connectivity index (χ1n) is 6.68. The number of rotatable bonds is 4. The van der Waals surface area contributed by atoms with Gasteiger partial charge in [0.1, 0.15) is 18.4 Å². The Bertz CT molecular complexity index is 468. The summed E-state index contributed by atoms with van der Waals surface area (Å²) in [5.74, 6) is -3.14. The van der Waals surface area contributed by atoms with Crippen LogP contribution in [0.15, 0.2) is 18.2 Å². The quantitative estimate of drug-likeness (QED) is 0.790. The minimum Gasteiger partial charge on any atom is -0.508 e. The van der Waals surface area contributed by atoms with Gasteiger partial charge in [0.25, 0.3) is 5.92 Å². The van der Waals surface area contributed by atoms with E-state index in [1.807, 2.05) is 0 Å². The van der Waals surface area contributed by atoms with Crippen LogP contribution in [0.5, 0.6) is 5.75 Å². The van der Waals surface area contributed by atoms with Crippen LogP contribution in [-0.4, -0.2) is 53.8 Å². The van der Waals surface area contributed by atoms with Gasteiger partial charge in [-0.05, 0) is 24.1 Å². The van der Waals surface area contributed by atoms with Gasteiger partial charge in [0.05, 0.1) is 0 Å². The maximum Gasteiger partial charge on any atom is 0.289 e. The molecule has 0 aromatic heterocycles. The number of aliphatic hydroxyl groups is 1. The summed E-state index contributed by atoms with van der Waals surface area (Å²) >= 11 is 0. The standard InChI is InChI=1S/C14H20F2N2O2.ClH/c1-10-8-11(2-3-12(10)20)13(14(15,16)9-19)18-6-4-17-5-7-18;/h2-3,8,13,17,19-20H,4-7,9H2,1H3;1H/t13-;/m0./s1. The Kier molecular flexibility index (Phi) is 6.34. The third kappa shape index (κ3) is 4.03. The average Bonchev–Trinajstić information content (AvgIpc) is 2.44. The van der Waals surface area contributed by atoms with Crippen molar-refractivity contribution in [2.45, 2.75) is 18.9 Å². The van der Waals surface area contributed by atoms with Crippen LogP contribution in [0.4, 0.5) is 8.78 Å². The summed E-state index contributed by atoms with van der Waals surface area (Å²) < 4.78 is 28.3. The number of benzene rings is 1. The molecule has 1 heterocycles. The smallest absolute Gasteiger partial charge is 0.289 e. The van der Waals surface area contributed by atoms with Gasteiger partial charge >= 0.3 is 0 Å². The van der Waals surface area contributed by atoms with Gasteiger partial charge in [-0.2, -0.15) is 0 Å². The SMILES string of the molecule is Cc1cc([C@H](N2CCNCC2)C(F)(F)CO)ccc1O.Cl. The molecule has 120 valence electrons. The summed E-state index contributed by atoms with van der Waals surface area (Å²) in [5.41, 5.74) is 0.970. The number of nitrogens with one attached hydrogen (secondary N) is 1. The van der Waals surface area contributed by atoms with Crippen LogP contribution in [0, 0.1) is 6.92 Å². The van der Waals surface area contributed by atoms with Crippen LogP contribution >= 0.6 is 12.4 Å². The molecule has 1 aliphatic rings. The van der Waals surface area contributed by atoms with Gasteiger partial charge in [0.15, 0.2) is 0 Å². The second-order valence-electron chi connectivity index (χ2n) is 5.15. The number of piperazine rings is 1. The zero-order valence-electron chi connectivity index (χ0n) is 11.9. The molecule has 4 nitrogen and oxygen atoms in total. The fourth-order valence-electron chi connectivity index (χ4n) is 2.60. The predicted molar refractivity (Wildman–Crippen MR) is 79.3 cm³/mol. The Morgan fingerprint density at radius 1 is 1.33 bits per heavy atom. The lowest BCUT2D eigenvalue weighted by molar-refractivity contribution is -0.118. The van der Waals surface area contributed by atoms with Gasteiger partial charge in [-0.25, -0.2) is 8.78 Å². The van der Waals surface area contributed by atoms with Gasteiger partial charge in [0.2, 0.25) is 0 Å². The Morgan fingerprint density at radius 2 is 1.95 bits per heavy atom. The predicted octanol–water partition coefficient (Wildman–Crippen LogP) is 1.70. The van der Waals surface area contributed by atoms with Crippen molar-refractivity contribution in [1.29, 1.82) is 0 Å². The Hall–Kier alpha value is -0.950. The van der Waals surface area contributed by atoms with E-state index in [4.69, 9.17) is 5.11 Å². The third-order valence-electron chi connectivity index (χ3n) is 3.66. The number of aliphatic hydroxyl groups excluding tert-OH is 1. The lowest BCUT2D eigenvalue weighted by Gasteiger charge is -2.38. The van der Waals surface area contributed by atoms with Gasteiger partial charge in [-0.3, -0.25) is 4.90 Å². The molecule has 21 heavy (non-hydrogen) atoms. The van der Waals surface area contributed by atoms with Gasteiger partial charge in [-0.15, -0.1) is 12.4 Å². The van der Waals surface area contributed by atoms with Crippen LogP contribution in [0.3, 0.4) is 0 Å². The first-order valence-corrected chi connectivity index (χ1v) is 6.68. The van der Waals surface area contributed by atoms with Crippen LogP contribution in [0.25, 0.3) is 0 Å². The summed E-state index contributed by atoms with van der Waals surface area (Å²) in [4.78, 5) is 1.68. The lowest BCUT2D eigenvalue weighted by atomic mass is 9.96. The summed E-state index contributed by atoms with van der Waals surface area (Å²) in [6.45, 7) is 2.77. The zero-order chi connectivity index (χ0) is 14.8. The number of aryl methyl sites for hydroxylation is 1. The molecule has 0 amide bonds. The Labute approximate surface area is 129 Å². The molecule has 0 unspecified atom stereocenters. The molecule has 1 saturated heterocycles. The van der Waals surface area contributed by atoms with E-state index >= 15 is 0 Å². The van der Waals surface area contributed by atoms with Crippen molar-refractivity contribution in [3.05, 3.63) is 29.3 Å². The van der Waals surface area contributed by atoms with Crippen LogP contribution in [0.1, 0.15) is 17.2 Å². The number of hydrogen-bond donors (Lipinski definition) is 3. The van der Waals surface area contributed by atoms with E-state index in [0.717, 1.165) is 0 Å². The first-order chi connectivity index (χ1) is 9.45. The van der Waals surface area contributed by atoms with E-state index in [0.29, 0.717) is 37.3 Å². The van der Waals surface area contributed by atoms with E-state index < -0.39 is 18.6 Å². The van der Waals surface area contributed by atoms with Gasteiger partial charge in [-0.1, -0.05) is 12.1 Å². The normalized spacial score (nSPS) is 18.1. The maximum atomic E-state index is 14.1. The van der Waals surface area contributed by atoms with Crippen LogP contribution in [-0.2, 0) is 0 Å². The number of nitrogens with zero attached hydrogens (tertiary/aromatic N) is 1. The molecule has 1 aliphatic heterocycles. The highest BCUT2D eigenvalue weighted by Crippen LogP contribution is 2.37. The second kappa shape index (κ2) is 7.35. The molecule has 0 bridgehead atoms. The Morgan fingerprint density at radius 3 is 2.48 bits per heavy atom.